The van der Waals surface area contributed by atoms with E-state index in [0.29, 0.717) is 25.4 Å². The minimum absolute atomic E-state index is 0.205. The first-order valence-electron chi connectivity index (χ1n) is 9.88. The topological polar surface area (TPSA) is 40.6 Å². The van der Waals surface area contributed by atoms with Gasteiger partial charge in [-0.05, 0) is 55.2 Å². The van der Waals surface area contributed by atoms with Gasteiger partial charge in [-0.3, -0.25) is 9.59 Å². The fraction of sp³-hybridized carbons (Fsp3) is 0.619. The Labute approximate surface area is 150 Å². The van der Waals surface area contributed by atoms with E-state index in [0.717, 1.165) is 44.3 Å². The molecule has 0 N–H and O–H groups in total. The normalized spacial score (nSPS) is 20.8. The molecular formula is C21H28N2O2. The zero-order valence-electron chi connectivity index (χ0n) is 15.0. The van der Waals surface area contributed by atoms with Gasteiger partial charge in [-0.15, -0.1) is 0 Å². The highest BCUT2D eigenvalue weighted by Gasteiger charge is 2.30. The molecule has 1 aromatic carbocycles. The number of benzene rings is 1. The van der Waals surface area contributed by atoms with E-state index in [9.17, 15) is 9.59 Å². The third kappa shape index (κ3) is 3.58. The molecule has 2 fully saturated rings. The summed E-state index contributed by atoms with van der Waals surface area (Å²) in [5, 5.41) is 0. The van der Waals surface area contributed by atoms with Crippen LogP contribution in [0.5, 0.6) is 0 Å². The molecule has 1 aliphatic heterocycles. The first-order chi connectivity index (χ1) is 12.2. The molecule has 0 atom stereocenters. The molecule has 1 aromatic rings. The van der Waals surface area contributed by atoms with Crippen molar-refractivity contribution in [3.8, 4) is 0 Å². The predicted octanol–water partition coefficient (Wildman–Crippen LogP) is 2.58. The highest BCUT2D eigenvalue weighted by molar-refractivity contribution is 5.81. The summed E-state index contributed by atoms with van der Waals surface area (Å²) in [5.41, 5.74) is 4.02. The largest absolute Gasteiger partial charge is 0.341 e. The number of rotatable bonds is 3. The molecule has 1 saturated heterocycles. The van der Waals surface area contributed by atoms with Crippen molar-refractivity contribution in [2.45, 2.75) is 51.4 Å². The fourth-order valence-electron chi connectivity index (χ4n) is 4.32. The van der Waals surface area contributed by atoms with Gasteiger partial charge < -0.3 is 9.80 Å². The first-order valence-corrected chi connectivity index (χ1v) is 9.88. The van der Waals surface area contributed by atoms with E-state index in [-0.39, 0.29) is 11.8 Å². The molecule has 0 bridgehead atoms. The molecule has 134 valence electrons. The van der Waals surface area contributed by atoms with Gasteiger partial charge in [0, 0.05) is 32.1 Å². The van der Waals surface area contributed by atoms with E-state index in [2.05, 4.69) is 18.2 Å². The maximum Gasteiger partial charge on any atom is 0.227 e. The van der Waals surface area contributed by atoms with E-state index in [1.165, 1.54) is 30.4 Å². The van der Waals surface area contributed by atoms with Crippen molar-refractivity contribution >= 4 is 11.8 Å². The number of fused-ring (bicyclic) bond motifs is 1. The molecule has 0 unspecified atom stereocenters. The molecule has 4 rings (SSSR count). The van der Waals surface area contributed by atoms with Gasteiger partial charge in [0.15, 0.2) is 0 Å². The van der Waals surface area contributed by atoms with Gasteiger partial charge in [-0.25, -0.2) is 0 Å². The zero-order valence-corrected chi connectivity index (χ0v) is 15.0. The van der Waals surface area contributed by atoms with Crippen LogP contribution in [0.25, 0.3) is 0 Å². The minimum Gasteiger partial charge on any atom is -0.341 e. The van der Waals surface area contributed by atoms with Gasteiger partial charge in [-0.1, -0.05) is 24.6 Å². The Bertz CT molecular complexity index is 666. The van der Waals surface area contributed by atoms with Crippen LogP contribution in [-0.2, 0) is 28.9 Å². The van der Waals surface area contributed by atoms with Crippen LogP contribution < -0.4 is 0 Å². The average molecular weight is 340 g/mol. The maximum atomic E-state index is 12.7. The Morgan fingerprint density at radius 2 is 1.64 bits per heavy atom. The molecule has 2 aliphatic carbocycles. The lowest BCUT2D eigenvalue weighted by Gasteiger charge is -2.31. The number of aryl methyl sites for hydroxylation is 2. The van der Waals surface area contributed by atoms with Crippen LogP contribution in [0.15, 0.2) is 18.2 Å². The summed E-state index contributed by atoms with van der Waals surface area (Å²) in [6, 6.07) is 6.54. The first kappa shape index (κ1) is 16.6. The molecule has 3 aliphatic rings. The lowest BCUT2D eigenvalue weighted by molar-refractivity contribution is -0.138. The monoisotopic (exact) mass is 340 g/mol. The minimum atomic E-state index is 0.205. The van der Waals surface area contributed by atoms with E-state index < -0.39 is 0 Å². The molecule has 0 radical (unpaired) electrons. The molecule has 1 heterocycles. The van der Waals surface area contributed by atoms with E-state index in [1.807, 2.05) is 9.80 Å². The summed E-state index contributed by atoms with van der Waals surface area (Å²) >= 11 is 0. The van der Waals surface area contributed by atoms with E-state index in [4.69, 9.17) is 0 Å². The second kappa shape index (κ2) is 7.19. The van der Waals surface area contributed by atoms with Gasteiger partial charge in [0.25, 0.3) is 0 Å². The van der Waals surface area contributed by atoms with Crippen LogP contribution >= 0.6 is 0 Å². The highest BCUT2D eigenvalue weighted by atomic mass is 16.2. The lowest BCUT2D eigenvalue weighted by Crippen LogP contribution is -2.41. The van der Waals surface area contributed by atoms with Crippen molar-refractivity contribution in [3.63, 3.8) is 0 Å². The number of amides is 2. The molecule has 2 amide bonds. The zero-order chi connectivity index (χ0) is 17.2. The molecule has 25 heavy (non-hydrogen) atoms. The van der Waals surface area contributed by atoms with Crippen LogP contribution in [-0.4, -0.2) is 47.8 Å². The Balaban J connectivity index is 1.33. The van der Waals surface area contributed by atoms with Crippen LogP contribution in [0.4, 0.5) is 0 Å². The summed E-state index contributed by atoms with van der Waals surface area (Å²) in [7, 11) is 0. The highest BCUT2D eigenvalue weighted by Crippen LogP contribution is 2.28. The molecular weight excluding hydrogens is 312 g/mol. The van der Waals surface area contributed by atoms with Crippen molar-refractivity contribution in [1.29, 1.82) is 0 Å². The summed E-state index contributed by atoms with van der Waals surface area (Å²) in [5.74, 6) is 0.781. The third-order valence-corrected chi connectivity index (χ3v) is 6.13. The van der Waals surface area contributed by atoms with E-state index >= 15 is 0 Å². The molecule has 0 aromatic heterocycles. The SMILES string of the molecule is O=C(Cc1ccc2c(c1)CCC2)N1CCCN(C(=O)C2CCC2)CC1. The van der Waals surface area contributed by atoms with Gasteiger partial charge in [-0.2, -0.15) is 0 Å². The van der Waals surface area contributed by atoms with Crippen molar-refractivity contribution in [2.75, 3.05) is 26.2 Å². The summed E-state index contributed by atoms with van der Waals surface area (Å²) in [6.07, 6.45) is 8.25. The number of hydrogen-bond acceptors (Lipinski definition) is 2. The number of carbonyl (C=O) groups excluding carboxylic acids is 2. The van der Waals surface area contributed by atoms with Crippen LogP contribution in [0, 0.1) is 5.92 Å². The van der Waals surface area contributed by atoms with Crippen LogP contribution in [0.1, 0.15) is 48.8 Å². The second-order valence-electron chi connectivity index (χ2n) is 7.82. The molecule has 4 heteroatoms. The number of carbonyl (C=O) groups is 2. The summed E-state index contributed by atoms with van der Waals surface area (Å²) in [4.78, 5) is 29.1. The van der Waals surface area contributed by atoms with Crippen molar-refractivity contribution < 1.29 is 9.59 Å². The Kier molecular flexibility index (Phi) is 4.78. The van der Waals surface area contributed by atoms with Gasteiger partial charge in [0.1, 0.15) is 0 Å². The van der Waals surface area contributed by atoms with Crippen molar-refractivity contribution in [3.05, 3.63) is 34.9 Å². The Morgan fingerprint density at radius 3 is 2.44 bits per heavy atom. The number of nitrogens with zero attached hydrogens (tertiary/aromatic N) is 2. The number of hydrogen-bond donors (Lipinski definition) is 0. The fourth-order valence-corrected chi connectivity index (χ4v) is 4.32. The van der Waals surface area contributed by atoms with Crippen molar-refractivity contribution in [1.82, 2.24) is 9.80 Å². The summed E-state index contributed by atoms with van der Waals surface area (Å²) in [6.45, 7) is 2.96. The molecule has 0 spiro atoms. The predicted molar refractivity (Wildman–Crippen MR) is 97.3 cm³/mol. The molecule has 1 saturated carbocycles. The van der Waals surface area contributed by atoms with E-state index in [1.54, 1.807) is 0 Å². The Hall–Kier alpha value is -1.84. The summed E-state index contributed by atoms with van der Waals surface area (Å²) < 4.78 is 0. The maximum absolute atomic E-state index is 12.7. The standard InChI is InChI=1S/C21H28N2O2/c24-20(15-16-8-9-17-4-1-7-19(17)14-16)22-10-3-11-23(13-12-22)21(25)18-5-2-6-18/h8-9,14,18H,1-7,10-13,15H2. The van der Waals surface area contributed by atoms with Gasteiger partial charge >= 0.3 is 0 Å². The Morgan fingerprint density at radius 1 is 0.880 bits per heavy atom. The quantitative estimate of drug-likeness (QED) is 0.848. The molecule has 4 nitrogen and oxygen atoms in total. The lowest BCUT2D eigenvalue weighted by atomic mass is 9.84. The van der Waals surface area contributed by atoms with Crippen LogP contribution in [0.3, 0.4) is 0 Å². The van der Waals surface area contributed by atoms with Crippen molar-refractivity contribution in [2.24, 2.45) is 5.92 Å². The average Bonchev–Trinajstić information content (AvgIpc) is 2.87. The van der Waals surface area contributed by atoms with Gasteiger partial charge in [0.2, 0.25) is 11.8 Å². The smallest absolute Gasteiger partial charge is 0.227 e. The second-order valence-corrected chi connectivity index (χ2v) is 7.82. The van der Waals surface area contributed by atoms with Crippen LogP contribution in [0.2, 0.25) is 0 Å². The van der Waals surface area contributed by atoms with Gasteiger partial charge in [0.05, 0.1) is 6.42 Å². The third-order valence-electron chi connectivity index (χ3n) is 6.13.